The molecule has 2 aromatic carbocycles. The van der Waals surface area contributed by atoms with Crippen LogP contribution in [0.5, 0.6) is 0 Å². The summed E-state index contributed by atoms with van der Waals surface area (Å²) in [5.74, 6) is 0.176. The molecule has 0 fully saturated rings. The van der Waals surface area contributed by atoms with Gasteiger partial charge >= 0.3 is 0 Å². The number of nitrogens with two attached hydrogens (primary N) is 1. The Kier molecular flexibility index (Phi) is 4.63. The van der Waals surface area contributed by atoms with Crippen molar-refractivity contribution < 1.29 is 0 Å². The van der Waals surface area contributed by atoms with Gasteiger partial charge in [0.2, 0.25) is 0 Å². The van der Waals surface area contributed by atoms with Crippen LogP contribution < -0.4 is 5.73 Å². The number of pyridine rings is 1. The summed E-state index contributed by atoms with van der Waals surface area (Å²) in [5, 5.41) is 18.1. The fourth-order valence-corrected chi connectivity index (χ4v) is 3.46. The van der Waals surface area contributed by atoms with Gasteiger partial charge in [-0.25, -0.2) is 9.67 Å². The molecule has 0 saturated carbocycles. The Labute approximate surface area is 170 Å². The van der Waals surface area contributed by atoms with E-state index in [0.29, 0.717) is 17.0 Å². The molecule has 0 unspecified atom stereocenters. The quantitative estimate of drug-likeness (QED) is 0.515. The van der Waals surface area contributed by atoms with Gasteiger partial charge in [-0.3, -0.25) is 0 Å². The Bertz CT molecular complexity index is 1210. The van der Waals surface area contributed by atoms with Gasteiger partial charge in [0.1, 0.15) is 23.1 Å². The smallest absolute Gasteiger partial charge is 0.142 e. The molecular formula is C21H15BrN6. The van der Waals surface area contributed by atoms with E-state index in [4.69, 9.17) is 5.73 Å². The van der Waals surface area contributed by atoms with Gasteiger partial charge in [-0.15, -0.1) is 5.10 Å². The zero-order valence-electron chi connectivity index (χ0n) is 15.0. The van der Waals surface area contributed by atoms with Gasteiger partial charge < -0.3 is 5.73 Å². The molecule has 0 radical (unpaired) electrons. The van der Waals surface area contributed by atoms with Crippen LogP contribution in [0.15, 0.2) is 65.1 Å². The number of hydrogen-bond donors (Lipinski definition) is 1. The maximum atomic E-state index is 9.55. The van der Waals surface area contributed by atoms with E-state index in [0.717, 1.165) is 27.0 Å². The van der Waals surface area contributed by atoms with Crippen molar-refractivity contribution >= 4 is 21.7 Å². The van der Waals surface area contributed by atoms with Crippen molar-refractivity contribution in [3.8, 4) is 34.3 Å². The Morgan fingerprint density at radius 3 is 2.57 bits per heavy atom. The predicted octanol–water partition coefficient (Wildman–Crippen LogP) is 4.52. The van der Waals surface area contributed by atoms with Crippen molar-refractivity contribution in [2.45, 2.75) is 6.92 Å². The molecule has 0 spiro atoms. The summed E-state index contributed by atoms with van der Waals surface area (Å²) >= 11 is 3.48. The summed E-state index contributed by atoms with van der Waals surface area (Å²) in [5.41, 5.74) is 11.0. The summed E-state index contributed by atoms with van der Waals surface area (Å²) in [4.78, 5) is 4.42. The molecular weight excluding hydrogens is 416 g/mol. The van der Waals surface area contributed by atoms with Gasteiger partial charge in [0, 0.05) is 10.0 Å². The number of nitrogen functional groups attached to an aromatic ring is 1. The van der Waals surface area contributed by atoms with E-state index in [9.17, 15) is 5.26 Å². The van der Waals surface area contributed by atoms with Crippen LogP contribution in [0.3, 0.4) is 0 Å². The van der Waals surface area contributed by atoms with E-state index in [-0.39, 0.29) is 5.82 Å². The normalized spacial score (nSPS) is 10.6. The fraction of sp³-hybridized carbons (Fsp3) is 0.0476. The number of anilines is 1. The zero-order valence-corrected chi connectivity index (χ0v) is 16.6. The van der Waals surface area contributed by atoms with Crippen molar-refractivity contribution in [1.29, 1.82) is 5.26 Å². The molecule has 0 saturated heterocycles. The molecule has 2 N–H and O–H groups in total. The van der Waals surface area contributed by atoms with Gasteiger partial charge in [-0.1, -0.05) is 57.5 Å². The van der Waals surface area contributed by atoms with E-state index in [2.05, 4.69) is 37.3 Å². The van der Waals surface area contributed by atoms with Crippen LogP contribution in [-0.2, 0) is 0 Å². The summed E-state index contributed by atoms with van der Waals surface area (Å²) in [6, 6.07) is 21.4. The van der Waals surface area contributed by atoms with Crippen molar-refractivity contribution in [2.24, 2.45) is 0 Å². The predicted molar refractivity (Wildman–Crippen MR) is 112 cm³/mol. The number of nitrogens with zero attached hydrogens (tertiary/aromatic N) is 5. The lowest BCUT2D eigenvalue weighted by Crippen LogP contribution is -2.01. The maximum absolute atomic E-state index is 9.55. The van der Waals surface area contributed by atoms with Gasteiger partial charge in [0.15, 0.2) is 0 Å². The second-order valence-electron chi connectivity index (χ2n) is 6.21. The molecule has 0 aliphatic rings. The van der Waals surface area contributed by atoms with Crippen molar-refractivity contribution in [2.75, 3.05) is 5.73 Å². The number of nitriles is 1. The molecule has 28 heavy (non-hydrogen) atoms. The molecule has 6 nitrogen and oxygen atoms in total. The standard InChI is InChI=1S/C21H15BrN6/c1-13-20(26-27-28(13)16-9-5-8-15(22)10-16)19-11-17(14-6-3-2-4-7-14)18(12-23)21(24)25-19/h2-11H,1H3,(H2,24,25). The average Bonchev–Trinajstić information content (AvgIpc) is 3.09. The first-order valence-electron chi connectivity index (χ1n) is 8.53. The van der Waals surface area contributed by atoms with Gasteiger partial charge in [-0.2, -0.15) is 5.26 Å². The van der Waals surface area contributed by atoms with Crippen LogP contribution >= 0.6 is 15.9 Å². The molecule has 4 rings (SSSR count). The van der Waals surface area contributed by atoms with E-state index in [1.54, 1.807) is 4.68 Å². The highest BCUT2D eigenvalue weighted by Gasteiger charge is 2.18. The van der Waals surface area contributed by atoms with E-state index < -0.39 is 0 Å². The summed E-state index contributed by atoms with van der Waals surface area (Å²) in [6.45, 7) is 1.93. The molecule has 2 heterocycles. The summed E-state index contributed by atoms with van der Waals surface area (Å²) in [6.07, 6.45) is 0. The first-order valence-corrected chi connectivity index (χ1v) is 9.32. The molecule has 136 valence electrons. The molecule has 0 bridgehead atoms. The van der Waals surface area contributed by atoms with Crippen LogP contribution in [0.4, 0.5) is 5.82 Å². The largest absolute Gasteiger partial charge is 0.383 e. The molecule has 0 amide bonds. The van der Waals surface area contributed by atoms with Gasteiger partial charge in [-0.05, 0) is 36.8 Å². The maximum Gasteiger partial charge on any atom is 0.142 e. The van der Waals surface area contributed by atoms with Crippen LogP contribution in [0.25, 0.3) is 28.2 Å². The lowest BCUT2D eigenvalue weighted by molar-refractivity contribution is 0.785. The third-order valence-corrected chi connectivity index (χ3v) is 4.93. The summed E-state index contributed by atoms with van der Waals surface area (Å²) in [7, 11) is 0. The topological polar surface area (TPSA) is 93.4 Å². The van der Waals surface area contributed by atoms with Crippen LogP contribution in [0.2, 0.25) is 0 Å². The first kappa shape index (κ1) is 17.9. The first-order chi connectivity index (χ1) is 13.6. The van der Waals surface area contributed by atoms with E-state index in [1.807, 2.05) is 67.6 Å². The Morgan fingerprint density at radius 1 is 1.07 bits per heavy atom. The highest BCUT2D eigenvalue weighted by molar-refractivity contribution is 9.10. The lowest BCUT2D eigenvalue weighted by atomic mass is 9.99. The molecule has 2 aromatic heterocycles. The van der Waals surface area contributed by atoms with Crippen molar-refractivity contribution in [1.82, 2.24) is 20.0 Å². The second-order valence-corrected chi connectivity index (χ2v) is 7.12. The third kappa shape index (κ3) is 3.15. The van der Waals surface area contributed by atoms with Crippen molar-refractivity contribution in [3.05, 3.63) is 76.4 Å². The van der Waals surface area contributed by atoms with E-state index >= 15 is 0 Å². The molecule has 0 atom stereocenters. The zero-order chi connectivity index (χ0) is 19.7. The molecule has 0 aliphatic heterocycles. The number of hydrogen-bond acceptors (Lipinski definition) is 5. The molecule has 4 aromatic rings. The molecule has 7 heteroatoms. The second kappa shape index (κ2) is 7.25. The van der Waals surface area contributed by atoms with Crippen LogP contribution in [0, 0.1) is 18.3 Å². The summed E-state index contributed by atoms with van der Waals surface area (Å²) < 4.78 is 2.70. The fourth-order valence-electron chi connectivity index (χ4n) is 3.07. The number of halogens is 1. The van der Waals surface area contributed by atoms with Crippen LogP contribution in [-0.4, -0.2) is 20.0 Å². The van der Waals surface area contributed by atoms with Crippen molar-refractivity contribution in [3.63, 3.8) is 0 Å². The van der Waals surface area contributed by atoms with Gasteiger partial charge in [0.05, 0.1) is 17.1 Å². The third-order valence-electron chi connectivity index (χ3n) is 4.43. The highest BCUT2D eigenvalue weighted by Crippen LogP contribution is 2.31. The number of aromatic nitrogens is 4. The Hall–Kier alpha value is -3.50. The monoisotopic (exact) mass is 430 g/mol. The van der Waals surface area contributed by atoms with Gasteiger partial charge in [0.25, 0.3) is 0 Å². The highest BCUT2D eigenvalue weighted by atomic mass is 79.9. The Balaban J connectivity index is 1.87. The number of rotatable bonds is 3. The minimum Gasteiger partial charge on any atom is -0.383 e. The minimum absolute atomic E-state index is 0.176. The SMILES string of the molecule is Cc1c(-c2cc(-c3ccccc3)c(C#N)c(N)n2)nnn1-c1cccc(Br)c1. The number of benzene rings is 2. The molecule has 0 aliphatic carbocycles. The minimum atomic E-state index is 0.176. The average molecular weight is 431 g/mol. The van der Waals surface area contributed by atoms with E-state index in [1.165, 1.54) is 0 Å². The Morgan fingerprint density at radius 2 is 1.86 bits per heavy atom. The lowest BCUT2D eigenvalue weighted by Gasteiger charge is -2.09. The van der Waals surface area contributed by atoms with Crippen LogP contribution in [0.1, 0.15) is 11.3 Å².